The molecule has 0 heterocycles. The van der Waals surface area contributed by atoms with E-state index < -0.39 is 5.97 Å². The highest BCUT2D eigenvalue weighted by Gasteiger charge is 2.09. The Morgan fingerprint density at radius 2 is 1.71 bits per heavy atom. The monoisotopic (exact) mass is 332 g/mol. The number of unbranched alkanes of at least 4 members (excludes halogenated alkanes) is 3. The molecule has 0 spiro atoms. The first-order valence-electron chi connectivity index (χ1n) is 8.00. The third kappa shape index (κ3) is 5.26. The number of aromatic hydroxyl groups is 2. The number of hydrogen-bond acceptors (Lipinski definition) is 4. The van der Waals surface area contributed by atoms with Gasteiger partial charge in [-0.15, -0.1) is 0 Å². The Morgan fingerprint density at radius 3 is 2.46 bits per heavy atom. The first-order chi connectivity index (χ1) is 11.6. The van der Waals surface area contributed by atoms with E-state index in [9.17, 15) is 19.4 Å². The quantitative estimate of drug-likeness (QED) is 0.432. The zero-order chi connectivity index (χ0) is 17.4. The van der Waals surface area contributed by atoms with Crippen LogP contribution in [0, 0.1) is 5.82 Å². The minimum absolute atomic E-state index is 0.163. The molecule has 4 nitrogen and oxygen atoms in total. The molecule has 0 saturated carbocycles. The molecule has 0 aromatic heterocycles. The Morgan fingerprint density at radius 1 is 0.958 bits per heavy atom. The lowest BCUT2D eigenvalue weighted by Crippen LogP contribution is -2.06. The number of ether oxygens (including phenoxy) is 1. The van der Waals surface area contributed by atoms with E-state index in [0.717, 1.165) is 31.2 Å². The fourth-order valence-electron chi connectivity index (χ4n) is 2.37. The molecule has 0 bridgehead atoms. The summed E-state index contributed by atoms with van der Waals surface area (Å²) in [6.45, 7) is 0.292. The molecule has 0 aliphatic carbocycles. The second-order valence-corrected chi connectivity index (χ2v) is 5.60. The standard InChI is InChI=1S/C19H21FO4/c20-16-9-5-4-8-14(16)7-3-1-2-6-12-24-19(23)15-10-11-17(21)18(22)13-15/h4-5,8-11,13,21-22H,1-3,6-7,12H2. The lowest BCUT2D eigenvalue weighted by molar-refractivity contribution is 0.0497. The molecule has 2 rings (SSSR count). The third-order valence-electron chi connectivity index (χ3n) is 3.74. The van der Waals surface area contributed by atoms with Crippen LogP contribution in [0.15, 0.2) is 42.5 Å². The van der Waals surface area contributed by atoms with Gasteiger partial charge >= 0.3 is 5.97 Å². The number of carbonyl (C=O) groups excluding carboxylic acids is 1. The van der Waals surface area contributed by atoms with Crippen LogP contribution in [0.1, 0.15) is 41.6 Å². The van der Waals surface area contributed by atoms with Crippen LogP contribution in [0.4, 0.5) is 4.39 Å². The zero-order valence-corrected chi connectivity index (χ0v) is 13.4. The van der Waals surface area contributed by atoms with E-state index >= 15 is 0 Å². The maximum absolute atomic E-state index is 13.4. The van der Waals surface area contributed by atoms with Crippen molar-refractivity contribution in [2.45, 2.75) is 32.1 Å². The van der Waals surface area contributed by atoms with E-state index in [2.05, 4.69) is 0 Å². The molecular weight excluding hydrogens is 311 g/mol. The summed E-state index contributed by atoms with van der Waals surface area (Å²) in [6, 6.07) is 10.6. The topological polar surface area (TPSA) is 66.8 Å². The summed E-state index contributed by atoms with van der Waals surface area (Å²) in [5.41, 5.74) is 0.931. The number of hydrogen-bond donors (Lipinski definition) is 2. The molecule has 0 aliphatic rings. The maximum atomic E-state index is 13.4. The third-order valence-corrected chi connectivity index (χ3v) is 3.74. The number of carbonyl (C=O) groups is 1. The predicted molar refractivity (Wildman–Crippen MR) is 88.6 cm³/mol. The van der Waals surface area contributed by atoms with Crippen LogP contribution >= 0.6 is 0 Å². The van der Waals surface area contributed by atoms with Crippen LogP contribution in [0.2, 0.25) is 0 Å². The maximum Gasteiger partial charge on any atom is 0.338 e. The van der Waals surface area contributed by atoms with Crippen molar-refractivity contribution in [2.75, 3.05) is 6.61 Å². The number of esters is 1. The second kappa shape index (κ2) is 8.91. The molecule has 0 aliphatic heterocycles. The fraction of sp³-hybridized carbons (Fsp3) is 0.316. The molecular formula is C19H21FO4. The summed E-state index contributed by atoms with van der Waals surface area (Å²) in [5, 5.41) is 18.5. The number of aryl methyl sites for hydroxylation is 1. The largest absolute Gasteiger partial charge is 0.504 e. The highest BCUT2D eigenvalue weighted by atomic mass is 19.1. The summed E-state index contributed by atoms with van der Waals surface area (Å²) in [4.78, 5) is 11.8. The van der Waals surface area contributed by atoms with Gasteiger partial charge in [-0.3, -0.25) is 0 Å². The molecule has 0 saturated heterocycles. The van der Waals surface area contributed by atoms with Crippen LogP contribution in [0.5, 0.6) is 11.5 Å². The number of phenols is 2. The molecule has 2 aromatic rings. The van der Waals surface area contributed by atoms with Crippen molar-refractivity contribution < 1.29 is 24.1 Å². The van der Waals surface area contributed by atoms with Gasteiger partial charge < -0.3 is 14.9 Å². The van der Waals surface area contributed by atoms with E-state index in [4.69, 9.17) is 4.74 Å². The summed E-state index contributed by atoms with van der Waals surface area (Å²) < 4.78 is 18.5. The lowest BCUT2D eigenvalue weighted by Gasteiger charge is -2.06. The Kier molecular flexibility index (Phi) is 6.61. The van der Waals surface area contributed by atoms with Crippen molar-refractivity contribution in [1.29, 1.82) is 0 Å². The van der Waals surface area contributed by atoms with Crippen molar-refractivity contribution in [3.8, 4) is 11.5 Å². The molecule has 5 heteroatoms. The minimum atomic E-state index is -0.531. The van der Waals surface area contributed by atoms with Gasteiger partial charge in [-0.05, 0) is 49.1 Å². The van der Waals surface area contributed by atoms with E-state index in [1.54, 1.807) is 12.1 Å². The van der Waals surface area contributed by atoms with Gasteiger partial charge in [0.25, 0.3) is 0 Å². The summed E-state index contributed by atoms with van der Waals surface area (Å²) in [6.07, 6.45) is 4.15. The molecule has 0 amide bonds. The first kappa shape index (κ1) is 17.8. The van der Waals surface area contributed by atoms with Gasteiger partial charge in [0, 0.05) is 0 Å². The van der Waals surface area contributed by atoms with Crippen molar-refractivity contribution in [2.24, 2.45) is 0 Å². The van der Waals surface area contributed by atoms with Crippen LogP contribution in [0.3, 0.4) is 0 Å². The first-order valence-corrected chi connectivity index (χ1v) is 8.00. The van der Waals surface area contributed by atoms with Gasteiger partial charge in [0.05, 0.1) is 12.2 Å². The number of benzene rings is 2. The van der Waals surface area contributed by atoms with Gasteiger partial charge in [0.1, 0.15) is 5.82 Å². The Labute approximate surface area is 140 Å². The van der Waals surface area contributed by atoms with Gasteiger partial charge in [0.15, 0.2) is 11.5 Å². The second-order valence-electron chi connectivity index (χ2n) is 5.60. The molecule has 0 unspecified atom stereocenters. The summed E-state index contributed by atoms with van der Waals surface area (Å²) in [7, 11) is 0. The minimum Gasteiger partial charge on any atom is -0.504 e. The van der Waals surface area contributed by atoms with Crippen molar-refractivity contribution in [1.82, 2.24) is 0 Å². The van der Waals surface area contributed by atoms with Crippen LogP contribution in [0.25, 0.3) is 0 Å². The van der Waals surface area contributed by atoms with Gasteiger partial charge in [-0.25, -0.2) is 9.18 Å². The van der Waals surface area contributed by atoms with Crippen molar-refractivity contribution in [3.05, 3.63) is 59.4 Å². The smallest absolute Gasteiger partial charge is 0.338 e. The summed E-state index contributed by atoms with van der Waals surface area (Å²) in [5.74, 6) is -1.32. The summed E-state index contributed by atoms with van der Waals surface area (Å²) >= 11 is 0. The predicted octanol–water partition coefficient (Wildman–Crippen LogP) is 4.20. The zero-order valence-electron chi connectivity index (χ0n) is 13.4. The molecule has 0 atom stereocenters. The molecule has 0 fully saturated rings. The van der Waals surface area contributed by atoms with Crippen molar-refractivity contribution in [3.63, 3.8) is 0 Å². The SMILES string of the molecule is O=C(OCCCCCCc1ccccc1F)c1ccc(O)c(O)c1. The number of phenolic OH excluding ortho intramolecular Hbond substituents is 2. The molecule has 2 N–H and O–H groups in total. The van der Waals surface area contributed by atoms with Crippen LogP contribution in [-0.2, 0) is 11.2 Å². The Balaban J connectivity index is 1.60. The van der Waals surface area contributed by atoms with Gasteiger partial charge in [-0.1, -0.05) is 31.0 Å². The Bertz CT molecular complexity index is 685. The molecule has 128 valence electrons. The average molecular weight is 332 g/mol. The number of halogens is 1. The Hall–Kier alpha value is -2.56. The van der Waals surface area contributed by atoms with E-state index in [1.165, 1.54) is 24.3 Å². The van der Waals surface area contributed by atoms with Gasteiger partial charge in [0.2, 0.25) is 0 Å². The normalized spacial score (nSPS) is 10.5. The van der Waals surface area contributed by atoms with E-state index in [1.807, 2.05) is 6.07 Å². The molecule has 24 heavy (non-hydrogen) atoms. The molecule has 2 aromatic carbocycles. The van der Waals surface area contributed by atoms with Crippen LogP contribution < -0.4 is 0 Å². The van der Waals surface area contributed by atoms with Crippen molar-refractivity contribution >= 4 is 5.97 Å². The van der Waals surface area contributed by atoms with Gasteiger partial charge in [-0.2, -0.15) is 0 Å². The average Bonchev–Trinajstić information content (AvgIpc) is 2.57. The highest BCUT2D eigenvalue weighted by molar-refractivity contribution is 5.90. The lowest BCUT2D eigenvalue weighted by atomic mass is 10.1. The van der Waals surface area contributed by atoms with E-state index in [0.29, 0.717) is 13.0 Å². The van der Waals surface area contributed by atoms with E-state index in [-0.39, 0.29) is 22.9 Å². The molecule has 0 radical (unpaired) electrons. The fourth-order valence-corrected chi connectivity index (χ4v) is 2.37. The highest BCUT2D eigenvalue weighted by Crippen LogP contribution is 2.25. The number of rotatable bonds is 8. The van der Waals surface area contributed by atoms with Crippen LogP contribution in [-0.4, -0.2) is 22.8 Å².